The Morgan fingerprint density at radius 2 is 1.67 bits per heavy atom. The molecule has 32 heteroatoms. The molecule has 5 unspecified atom stereocenters. The minimum atomic E-state index is -2.66. The number of H-pyrrole nitrogens is 2. The highest BCUT2D eigenvalue weighted by Crippen LogP contribution is 2.67. The third kappa shape index (κ3) is 13.6. The number of aliphatic hydroxyl groups is 3. The van der Waals surface area contributed by atoms with E-state index < -0.39 is 111 Å². The SMILES string of the molecule is CCC(O)(CC)CC1CNCCc2c([nH]c3ccccc23)[C@@](C(=O)OC)(c2cc3c(cc2OC)N(C)[C@@H]2C34CCN3CC=C[C@@](CC)(C(O)[C@]2(O)C(=O)NNC(=O)OCCSSCC(NC(=O)CCC(NC(=O)c2ccc(NCc5cnc6nc(N)[nH]c(=O)c6n5)cc2)C(=O)O)C(=O)O)[C@H]34)C1. The molecule has 10 atom stereocenters. The van der Waals surface area contributed by atoms with Crippen molar-refractivity contribution in [3.05, 3.63) is 123 Å². The number of aromatic amines is 2. The van der Waals surface area contributed by atoms with Crippen molar-refractivity contribution in [2.75, 3.05) is 81.5 Å². The van der Waals surface area contributed by atoms with E-state index in [2.05, 4.69) is 61.9 Å². The fraction of sp³-hybridized carbons (Fsp3) is 0.493. The van der Waals surface area contributed by atoms with Gasteiger partial charge in [0.15, 0.2) is 16.8 Å². The Morgan fingerprint density at radius 3 is 2.39 bits per heavy atom. The number of carboxylic acids is 2. The number of anilines is 3. The van der Waals surface area contributed by atoms with Gasteiger partial charge in [0, 0.05) is 93.6 Å². The first-order valence-corrected chi connectivity index (χ1v) is 36.1. The molecule has 7 heterocycles. The zero-order valence-electron chi connectivity index (χ0n) is 56.8. The van der Waals surface area contributed by atoms with Crippen LogP contribution in [0, 0.1) is 11.3 Å². The summed E-state index contributed by atoms with van der Waals surface area (Å²) in [6, 6.07) is 13.1. The molecule has 1 spiro atoms. The van der Waals surface area contributed by atoms with Crippen LogP contribution in [-0.4, -0.2) is 204 Å². The van der Waals surface area contributed by atoms with Crippen molar-refractivity contribution in [3.8, 4) is 5.75 Å². The maximum Gasteiger partial charge on any atom is 0.426 e. The number of fused-ring (bicyclic) bond motifs is 5. The number of para-hydroxylation sites is 1. The molecule has 4 amide bonds. The minimum absolute atomic E-state index is 0.00322. The van der Waals surface area contributed by atoms with E-state index in [1.54, 1.807) is 24.1 Å². The number of aromatic nitrogens is 5. The normalized spacial score (nSPS) is 24.3. The predicted molar refractivity (Wildman–Crippen MR) is 377 cm³/mol. The lowest BCUT2D eigenvalue weighted by Crippen LogP contribution is -2.82. The number of aliphatic hydroxyl groups excluding tert-OH is 1. The van der Waals surface area contributed by atoms with Crippen LogP contribution in [0.25, 0.3) is 22.1 Å². The number of amides is 4. The van der Waals surface area contributed by atoms with E-state index >= 15 is 9.59 Å². The number of hydrazine groups is 1. The number of ether oxygens (including phenoxy) is 3. The van der Waals surface area contributed by atoms with E-state index in [9.17, 15) is 54.3 Å². The van der Waals surface area contributed by atoms with Gasteiger partial charge in [-0.05, 0) is 124 Å². The number of aliphatic carboxylic acids is 2. The summed E-state index contributed by atoms with van der Waals surface area (Å²) < 4.78 is 17.8. The number of likely N-dealkylation sites (N-methyl/N-ethyl adjacent to an activating group) is 1. The summed E-state index contributed by atoms with van der Waals surface area (Å²) >= 11 is 0. The van der Waals surface area contributed by atoms with Gasteiger partial charge < -0.3 is 76.6 Å². The average molecular weight is 1430 g/mol. The van der Waals surface area contributed by atoms with E-state index in [0.717, 1.165) is 43.6 Å². The second-order valence-electron chi connectivity index (χ2n) is 26.5. The van der Waals surface area contributed by atoms with Crippen LogP contribution in [0.1, 0.15) is 111 Å². The first-order chi connectivity index (χ1) is 48.4. The molecule has 30 nitrogen and oxygen atoms in total. The predicted octanol–water partition coefficient (Wildman–Crippen LogP) is 3.52. The molecule has 3 aromatic heterocycles. The highest BCUT2D eigenvalue weighted by molar-refractivity contribution is 8.76. The van der Waals surface area contributed by atoms with Crippen LogP contribution in [0.5, 0.6) is 5.75 Å². The zero-order valence-corrected chi connectivity index (χ0v) is 58.5. The zero-order chi connectivity index (χ0) is 72.3. The first-order valence-electron chi connectivity index (χ1n) is 33.6. The summed E-state index contributed by atoms with van der Waals surface area (Å²) in [7, 11) is 6.79. The molecule has 6 aromatic rings. The highest BCUT2D eigenvalue weighted by atomic mass is 33.1. The number of hydrogen-bond acceptors (Lipinski definition) is 24. The molecule has 11 rings (SSSR count). The number of nitrogens with two attached hydrogens (primary N) is 1. The Morgan fingerprint density at radius 1 is 0.921 bits per heavy atom. The smallest absolute Gasteiger partial charge is 0.426 e. The van der Waals surface area contributed by atoms with Gasteiger partial charge in [0.2, 0.25) is 11.9 Å². The van der Waals surface area contributed by atoms with Gasteiger partial charge in [-0.25, -0.2) is 29.8 Å². The standard InChI is InChI=1S/C69H86N14O16S2/c1-7-65(95,8-2)31-37-32-68(62(93)98-6,52-42(21-24-71-33-37)41-13-10-11-14-45(41)76-52)44-29-43-48(30-49(44)97-5)82(4)59-67(43)23-26-83-25-12-22-66(9-3,58(67)83)60(91)69(59,96)61(92)80-81-64(94)99-27-28-100-101-36-47(57(89)90)75-50(84)20-19-46(56(87)88)77-54(85)38-15-17-39(18-16-38)72-34-40-35-73-53-51(74-40)55(86)79-63(70)78-53/h10-18,22,29-30,35,37,46-47,58-60,71-72,76,91,95-96H,7-9,19-21,23-28,31-34,36H2,1-6H3,(H,75,84)(H,77,85)(H,80,92)(H,81,94)(H,87,88)(H,89,90)(H3,70,73,78,79,86)/t37?,46?,47?,58-,59+,60?,66+,67?,68-,69-/m0/s1. The fourth-order valence-electron chi connectivity index (χ4n) is 16.3. The van der Waals surface area contributed by atoms with Crippen LogP contribution >= 0.6 is 21.6 Å². The van der Waals surface area contributed by atoms with Gasteiger partial charge in [-0.2, -0.15) is 4.98 Å². The topological polar surface area (TPSA) is 440 Å². The molecule has 540 valence electrons. The van der Waals surface area contributed by atoms with Crippen molar-refractivity contribution >= 4 is 103 Å². The molecule has 0 radical (unpaired) electrons. The van der Waals surface area contributed by atoms with Crippen molar-refractivity contribution < 1.29 is 73.3 Å². The summed E-state index contributed by atoms with van der Waals surface area (Å²) in [5, 5.41) is 71.0. The van der Waals surface area contributed by atoms with Crippen molar-refractivity contribution in [3.63, 3.8) is 0 Å². The Hall–Kier alpha value is -9.05. The monoisotopic (exact) mass is 1430 g/mol. The molecule has 0 bridgehead atoms. The van der Waals surface area contributed by atoms with Crippen LogP contribution in [-0.2, 0) is 57.2 Å². The molecule has 15 N–H and O–H groups in total. The average Bonchev–Trinajstić information content (AvgIpc) is 1.51. The number of benzene rings is 3. The number of nitrogen functional groups attached to an aromatic ring is 1. The van der Waals surface area contributed by atoms with Gasteiger partial charge in [-0.15, -0.1) is 0 Å². The number of nitrogens with one attached hydrogen (secondary N) is 8. The second kappa shape index (κ2) is 29.9. The molecule has 1 aliphatic carbocycles. The molecule has 4 aliphatic heterocycles. The summed E-state index contributed by atoms with van der Waals surface area (Å²) in [5.41, 5.74) is 7.30. The number of carboxylic acid groups (broad SMARTS) is 2. The van der Waals surface area contributed by atoms with Crippen LogP contribution in [0.3, 0.4) is 0 Å². The number of rotatable bonds is 26. The number of hydrogen-bond donors (Lipinski definition) is 14. The fourth-order valence-corrected chi connectivity index (χ4v) is 18.3. The van der Waals surface area contributed by atoms with E-state index in [1.807, 2.05) is 69.3 Å². The highest BCUT2D eigenvalue weighted by Gasteiger charge is 2.79. The minimum Gasteiger partial charge on any atom is -0.496 e. The Kier molecular flexibility index (Phi) is 21.6. The molecule has 101 heavy (non-hydrogen) atoms. The molecule has 1 saturated carbocycles. The lowest BCUT2D eigenvalue weighted by Gasteiger charge is -2.63. The van der Waals surface area contributed by atoms with Crippen LogP contribution in [0.2, 0.25) is 0 Å². The molecular formula is C69H86N14O16S2. The molecular weight excluding hydrogens is 1340 g/mol. The lowest BCUT2D eigenvalue weighted by molar-refractivity contribution is -0.204. The van der Waals surface area contributed by atoms with E-state index in [4.69, 9.17) is 19.9 Å². The van der Waals surface area contributed by atoms with Crippen molar-refractivity contribution in [2.45, 2.75) is 137 Å². The maximum absolute atomic E-state index is 15.6. The Labute approximate surface area is 588 Å². The van der Waals surface area contributed by atoms with Gasteiger partial charge in [-0.1, -0.05) is 72.7 Å². The third-order valence-electron chi connectivity index (χ3n) is 21.1. The largest absolute Gasteiger partial charge is 0.496 e. The van der Waals surface area contributed by atoms with Gasteiger partial charge in [0.1, 0.15) is 36.0 Å². The Balaban J connectivity index is 0.733. The van der Waals surface area contributed by atoms with Gasteiger partial charge in [0.25, 0.3) is 17.4 Å². The van der Waals surface area contributed by atoms with Crippen LogP contribution < -0.4 is 53.0 Å². The molecule has 2 fully saturated rings. The molecule has 1 saturated heterocycles. The number of carbonyl (C=O) groups excluding carboxylic acids is 5. The van der Waals surface area contributed by atoms with E-state index in [-0.39, 0.29) is 72.5 Å². The number of esters is 1. The Bertz CT molecular complexity index is 4250. The summed E-state index contributed by atoms with van der Waals surface area (Å²) in [5.74, 6) is -6.12. The maximum atomic E-state index is 15.6. The summed E-state index contributed by atoms with van der Waals surface area (Å²) in [6.45, 7) is 7.81. The van der Waals surface area contributed by atoms with Crippen molar-refractivity contribution in [2.24, 2.45) is 11.3 Å². The van der Waals surface area contributed by atoms with Gasteiger partial charge >= 0.3 is 24.0 Å². The summed E-state index contributed by atoms with van der Waals surface area (Å²) in [6.07, 6.45) is 4.32. The molecule has 5 aliphatic rings. The van der Waals surface area contributed by atoms with Crippen molar-refractivity contribution in [1.29, 1.82) is 0 Å². The second-order valence-corrected chi connectivity index (χ2v) is 29.2. The van der Waals surface area contributed by atoms with Gasteiger partial charge in [-0.3, -0.25) is 39.3 Å². The quantitative estimate of drug-likeness (QED) is 0.0121. The number of nitrogens with zero attached hydrogens (tertiary/aromatic N) is 5. The van der Waals surface area contributed by atoms with Crippen LogP contribution in [0.4, 0.5) is 22.1 Å². The number of carbonyl (C=O) groups is 7. The van der Waals surface area contributed by atoms with Gasteiger partial charge in [0.05, 0.1) is 44.3 Å². The lowest BCUT2D eigenvalue weighted by atomic mass is 9.47. The first kappa shape index (κ1) is 73.2. The number of methoxy groups -OCH3 is 2. The van der Waals surface area contributed by atoms with Crippen LogP contribution in [0.15, 0.2) is 83.8 Å². The van der Waals surface area contributed by atoms with Crippen molar-refractivity contribution in [1.82, 2.24) is 56.6 Å². The third-order valence-corrected chi connectivity index (χ3v) is 23.5. The summed E-state index contributed by atoms with van der Waals surface area (Å²) in [4.78, 5) is 130. The van der Waals surface area contributed by atoms with E-state index in [0.29, 0.717) is 92.4 Å². The molecule has 3 aromatic carbocycles. The van der Waals surface area contributed by atoms with E-state index in [1.165, 1.54) is 32.5 Å².